The summed E-state index contributed by atoms with van der Waals surface area (Å²) in [6, 6.07) is 12.2. The Morgan fingerprint density at radius 2 is 2.14 bits per heavy atom. The van der Waals surface area contributed by atoms with Crippen LogP contribution in [0.2, 0.25) is 0 Å². The van der Waals surface area contributed by atoms with Crippen LogP contribution in [-0.4, -0.2) is 30.0 Å². The molecule has 28 heavy (non-hydrogen) atoms. The van der Waals surface area contributed by atoms with Crippen LogP contribution in [0.25, 0.3) is 11.3 Å². The number of rotatable bonds is 5. The molecule has 4 rings (SSSR count). The van der Waals surface area contributed by atoms with Crippen LogP contribution in [0.5, 0.6) is 11.5 Å². The summed E-state index contributed by atoms with van der Waals surface area (Å²) in [5.74, 6) is 0.912. The molecule has 8 heteroatoms. The molecule has 0 bridgehead atoms. The quantitative estimate of drug-likeness (QED) is 0.706. The van der Waals surface area contributed by atoms with Crippen LogP contribution in [0.3, 0.4) is 0 Å². The van der Waals surface area contributed by atoms with Crippen LogP contribution in [-0.2, 0) is 9.59 Å². The zero-order valence-electron chi connectivity index (χ0n) is 15.0. The van der Waals surface area contributed by atoms with Crippen molar-refractivity contribution in [3.05, 3.63) is 55.1 Å². The number of carbonyl (C=O) groups excluding carboxylic acids is 2. The molecule has 2 N–H and O–H groups in total. The third kappa shape index (κ3) is 3.52. The van der Waals surface area contributed by atoms with Crippen LogP contribution >= 0.6 is 0 Å². The zero-order chi connectivity index (χ0) is 19.5. The van der Waals surface area contributed by atoms with Gasteiger partial charge < -0.3 is 24.5 Å². The van der Waals surface area contributed by atoms with Crippen LogP contribution < -0.4 is 20.1 Å². The average molecular weight is 379 g/mol. The number of nitrogens with zero attached hydrogens (tertiary/aromatic N) is 1. The van der Waals surface area contributed by atoms with Crippen LogP contribution in [0.15, 0.2) is 59.5 Å². The zero-order valence-corrected chi connectivity index (χ0v) is 15.0. The fraction of sp³-hybridized carbons (Fsp3) is 0.150. The van der Waals surface area contributed by atoms with Crippen molar-refractivity contribution in [2.24, 2.45) is 0 Å². The van der Waals surface area contributed by atoms with Gasteiger partial charge in [0.1, 0.15) is 11.5 Å². The predicted molar refractivity (Wildman–Crippen MR) is 101 cm³/mol. The molecule has 2 heterocycles. The molecule has 1 atom stereocenters. The van der Waals surface area contributed by atoms with Gasteiger partial charge in [-0.2, -0.15) is 0 Å². The maximum Gasteiger partial charge on any atom is 0.266 e. The minimum Gasteiger partial charge on any atom is -0.496 e. The van der Waals surface area contributed by atoms with Gasteiger partial charge in [0, 0.05) is 11.8 Å². The summed E-state index contributed by atoms with van der Waals surface area (Å²) in [7, 11) is 1.53. The molecule has 0 fully saturated rings. The Hall–Kier alpha value is -3.81. The fourth-order valence-electron chi connectivity index (χ4n) is 2.93. The van der Waals surface area contributed by atoms with Crippen molar-refractivity contribution in [1.82, 2.24) is 4.98 Å². The van der Waals surface area contributed by atoms with E-state index in [2.05, 4.69) is 15.6 Å². The molecule has 8 nitrogen and oxygen atoms in total. The van der Waals surface area contributed by atoms with Gasteiger partial charge in [-0.3, -0.25) is 9.59 Å². The van der Waals surface area contributed by atoms with E-state index in [0.29, 0.717) is 34.2 Å². The maximum atomic E-state index is 12.4. The number of ether oxygens (including phenoxy) is 2. The van der Waals surface area contributed by atoms with E-state index in [1.54, 1.807) is 48.7 Å². The summed E-state index contributed by atoms with van der Waals surface area (Å²) < 4.78 is 16.3. The summed E-state index contributed by atoms with van der Waals surface area (Å²) in [5, 5.41) is 5.50. The van der Waals surface area contributed by atoms with Gasteiger partial charge in [-0.05, 0) is 24.3 Å². The molecule has 0 saturated heterocycles. The maximum absolute atomic E-state index is 12.4. The number of nitrogens with one attached hydrogen (secondary N) is 2. The van der Waals surface area contributed by atoms with Gasteiger partial charge >= 0.3 is 0 Å². The second kappa shape index (κ2) is 7.43. The van der Waals surface area contributed by atoms with Crippen LogP contribution in [0.1, 0.15) is 6.42 Å². The SMILES string of the molecule is COc1cc(NC(=O)CC2Oc3ccccc3NC2=O)ccc1-c1cnco1. The number of hydrogen-bond acceptors (Lipinski definition) is 6. The molecule has 1 aliphatic heterocycles. The molecular formula is C20H17N3O5. The van der Waals surface area contributed by atoms with Crippen LogP contribution in [0, 0.1) is 0 Å². The summed E-state index contributed by atoms with van der Waals surface area (Å²) in [6.07, 6.45) is 1.89. The topological polar surface area (TPSA) is 103 Å². The van der Waals surface area contributed by atoms with Crippen molar-refractivity contribution in [2.45, 2.75) is 12.5 Å². The molecule has 0 aliphatic carbocycles. The molecule has 0 radical (unpaired) electrons. The summed E-state index contributed by atoms with van der Waals surface area (Å²) in [4.78, 5) is 28.5. The van der Waals surface area contributed by atoms with Crippen LogP contribution in [0.4, 0.5) is 11.4 Å². The molecule has 2 aromatic carbocycles. The van der Waals surface area contributed by atoms with Gasteiger partial charge in [-0.1, -0.05) is 12.1 Å². The lowest BCUT2D eigenvalue weighted by molar-refractivity contribution is -0.128. The van der Waals surface area contributed by atoms with E-state index in [0.717, 1.165) is 0 Å². The second-order valence-corrected chi connectivity index (χ2v) is 6.12. The molecule has 1 aromatic heterocycles. The van der Waals surface area contributed by atoms with Crippen molar-refractivity contribution in [3.8, 4) is 22.8 Å². The number of benzene rings is 2. The first kappa shape index (κ1) is 17.6. The van der Waals surface area contributed by atoms with Gasteiger partial charge in [0.05, 0.1) is 31.0 Å². The second-order valence-electron chi connectivity index (χ2n) is 6.12. The normalized spacial score (nSPS) is 15.2. The number of oxazole rings is 1. The Labute approximate surface area is 160 Å². The lowest BCUT2D eigenvalue weighted by Crippen LogP contribution is -2.39. The highest BCUT2D eigenvalue weighted by Gasteiger charge is 2.29. The first-order valence-corrected chi connectivity index (χ1v) is 8.57. The Kier molecular flexibility index (Phi) is 4.67. The number of aromatic nitrogens is 1. The van der Waals surface area contributed by atoms with E-state index in [1.807, 2.05) is 0 Å². The first-order valence-electron chi connectivity index (χ1n) is 8.57. The number of methoxy groups -OCH3 is 1. The number of fused-ring (bicyclic) bond motifs is 1. The predicted octanol–water partition coefficient (Wildman–Crippen LogP) is 3.08. The minimum absolute atomic E-state index is 0.119. The third-order valence-corrected chi connectivity index (χ3v) is 4.26. The third-order valence-electron chi connectivity index (χ3n) is 4.26. The van der Waals surface area contributed by atoms with E-state index in [9.17, 15) is 9.59 Å². The average Bonchev–Trinajstić information content (AvgIpc) is 3.23. The summed E-state index contributed by atoms with van der Waals surface area (Å²) in [5.41, 5.74) is 1.84. The van der Waals surface area contributed by atoms with E-state index in [1.165, 1.54) is 13.5 Å². The number of carbonyl (C=O) groups is 2. The lowest BCUT2D eigenvalue weighted by atomic mass is 10.1. The molecule has 0 spiro atoms. The Balaban J connectivity index is 1.45. The van der Waals surface area contributed by atoms with E-state index < -0.39 is 6.10 Å². The van der Waals surface area contributed by atoms with E-state index in [4.69, 9.17) is 13.9 Å². The minimum atomic E-state index is -0.898. The number of amides is 2. The van der Waals surface area contributed by atoms with Crippen molar-refractivity contribution < 1.29 is 23.5 Å². The summed E-state index contributed by atoms with van der Waals surface area (Å²) in [6.45, 7) is 0. The molecule has 1 aliphatic rings. The fourth-order valence-corrected chi connectivity index (χ4v) is 2.93. The summed E-state index contributed by atoms with van der Waals surface area (Å²) >= 11 is 0. The Morgan fingerprint density at radius 1 is 1.29 bits per heavy atom. The standard InChI is InChI=1S/C20H17N3O5/c1-26-16-8-12(6-7-13(16)18-10-21-11-27-18)22-19(24)9-17-20(25)23-14-4-2-3-5-15(14)28-17/h2-8,10-11,17H,9H2,1H3,(H,22,24)(H,23,25). The Morgan fingerprint density at radius 3 is 2.93 bits per heavy atom. The molecule has 2 amide bonds. The lowest BCUT2D eigenvalue weighted by Gasteiger charge is -2.25. The van der Waals surface area contributed by atoms with Gasteiger partial charge in [-0.25, -0.2) is 4.98 Å². The van der Waals surface area contributed by atoms with E-state index >= 15 is 0 Å². The van der Waals surface area contributed by atoms with Gasteiger partial charge in [0.2, 0.25) is 5.91 Å². The van der Waals surface area contributed by atoms with Crippen molar-refractivity contribution >= 4 is 23.2 Å². The van der Waals surface area contributed by atoms with E-state index in [-0.39, 0.29) is 18.2 Å². The molecule has 0 saturated carbocycles. The van der Waals surface area contributed by atoms with Gasteiger partial charge in [0.15, 0.2) is 18.3 Å². The molecule has 1 unspecified atom stereocenters. The Bertz CT molecular complexity index is 1020. The highest BCUT2D eigenvalue weighted by molar-refractivity contribution is 6.02. The largest absolute Gasteiger partial charge is 0.496 e. The van der Waals surface area contributed by atoms with Crippen molar-refractivity contribution in [3.63, 3.8) is 0 Å². The number of anilines is 2. The molecule has 142 valence electrons. The highest BCUT2D eigenvalue weighted by Crippen LogP contribution is 2.33. The first-order chi connectivity index (χ1) is 13.6. The number of para-hydroxylation sites is 2. The molecular weight excluding hydrogens is 362 g/mol. The van der Waals surface area contributed by atoms with Crippen molar-refractivity contribution in [1.29, 1.82) is 0 Å². The van der Waals surface area contributed by atoms with Gasteiger partial charge in [-0.15, -0.1) is 0 Å². The smallest absolute Gasteiger partial charge is 0.266 e. The highest BCUT2D eigenvalue weighted by atomic mass is 16.5. The van der Waals surface area contributed by atoms with Crippen molar-refractivity contribution in [2.75, 3.05) is 17.7 Å². The molecule has 3 aromatic rings. The number of hydrogen-bond donors (Lipinski definition) is 2. The monoisotopic (exact) mass is 379 g/mol. The van der Waals surface area contributed by atoms with Gasteiger partial charge in [0.25, 0.3) is 5.91 Å².